The van der Waals surface area contributed by atoms with E-state index in [9.17, 15) is 4.79 Å². The lowest BCUT2D eigenvalue weighted by atomic mass is 9.89. The Morgan fingerprint density at radius 1 is 1.39 bits per heavy atom. The van der Waals surface area contributed by atoms with Gasteiger partial charge in [-0.05, 0) is 69.8 Å². The van der Waals surface area contributed by atoms with Gasteiger partial charge in [0.15, 0.2) is 0 Å². The average Bonchev–Trinajstić information content (AvgIpc) is 2.98. The minimum absolute atomic E-state index is 0.283. The van der Waals surface area contributed by atoms with Crippen molar-refractivity contribution in [3.8, 4) is 0 Å². The van der Waals surface area contributed by atoms with Crippen molar-refractivity contribution in [3.63, 3.8) is 0 Å². The van der Waals surface area contributed by atoms with Crippen LogP contribution in [0.2, 0.25) is 0 Å². The number of nitrogens with zero attached hydrogens (tertiary/aromatic N) is 1. The molecule has 1 aromatic carbocycles. The van der Waals surface area contributed by atoms with E-state index in [0.29, 0.717) is 24.3 Å². The number of carbonyl (C=O) groups is 1. The summed E-state index contributed by atoms with van der Waals surface area (Å²) in [7, 11) is 0. The molecular formula is C19H26N2O2. The molecular weight excluding hydrogens is 288 g/mol. The molecule has 0 spiro atoms. The maximum Gasteiger partial charge on any atom is 0.354 e. The molecule has 1 aliphatic rings. The third kappa shape index (κ3) is 3.42. The van der Waals surface area contributed by atoms with Crippen molar-refractivity contribution >= 4 is 16.9 Å². The average molecular weight is 314 g/mol. The summed E-state index contributed by atoms with van der Waals surface area (Å²) in [5, 5.41) is 1.09. The van der Waals surface area contributed by atoms with Crippen LogP contribution in [0.1, 0.15) is 55.6 Å². The number of carbonyl (C=O) groups excluding carboxylic acids is 1. The first-order valence-electron chi connectivity index (χ1n) is 8.62. The molecule has 0 saturated carbocycles. The Bertz CT molecular complexity index is 690. The summed E-state index contributed by atoms with van der Waals surface area (Å²) in [5.41, 5.74) is 2.90. The van der Waals surface area contributed by atoms with Gasteiger partial charge in [-0.15, -0.1) is 0 Å². The van der Waals surface area contributed by atoms with Crippen LogP contribution in [0, 0.1) is 0 Å². The maximum atomic E-state index is 11.9. The van der Waals surface area contributed by atoms with Gasteiger partial charge in [0.05, 0.1) is 6.61 Å². The zero-order valence-electron chi connectivity index (χ0n) is 14.3. The summed E-state index contributed by atoms with van der Waals surface area (Å²) in [6.07, 6.45) is 2.49. The van der Waals surface area contributed by atoms with Gasteiger partial charge in [0.1, 0.15) is 5.69 Å². The third-order valence-corrected chi connectivity index (χ3v) is 4.79. The van der Waals surface area contributed by atoms with Gasteiger partial charge in [0.2, 0.25) is 0 Å². The molecule has 124 valence electrons. The highest BCUT2D eigenvalue weighted by Gasteiger charge is 2.23. The Labute approximate surface area is 137 Å². The summed E-state index contributed by atoms with van der Waals surface area (Å²) >= 11 is 0. The molecule has 4 heteroatoms. The summed E-state index contributed by atoms with van der Waals surface area (Å²) < 4.78 is 5.07. The molecule has 2 aromatic rings. The van der Waals surface area contributed by atoms with Crippen molar-refractivity contribution in [1.82, 2.24) is 9.88 Å². The molecule has 1 aliphatic heterocycles. The Morgan fingerprint density at radius 3 is 2.96 bits per heavy atom. The number of rotatable bonds is 4. The normalized spacial score (nSPS) is 19.4. The van der Waals surface area contributed by atoms with Gasteiger partial charge < -0.3 is 14.6 Å². The van der Waals surface area contributed by atoms with Crippen LogP contribution in [-0.4, -0.2) is 41.6 Å². The predicted octanol–water partition coefficient (Wildman–Crippen LogP) is 3.93. The summed E-state index contributed by atoms with van der Waals surface area (Å²) in [5.74, 6) is 0.297. The molecule has 1 aromatic heterocycles. The van der Waals surface area contributed by atoms with E-state index in [-0.39, 0.29) is 5.97 Å². The second kappa shape index (κ2) is 6.75. The predicted molar refractivity (Wildman–Crippen MR) is 92.9 cm³/mol. The quantitative estimate of drug-likeness (QED) is 0.870. The molecule has 0 aliphatic carbocycles. The van der Waals surface area contributed by atoms with Crippen molar-refractivity contribution in [2.45, 2.75) is 45.6 Å². The van der Waals surface area contributed by atoms with Gasteiger partial charge >= 0.3 is 5.97 Å². The van der Waals surface area contributed by atoms with Crippen LogP contribution in [0.15, 0.2) is 24.3 Å². The SMILES string of the molecule is CCOC(=O)c1cc2cc(C3CCCN(C(C)C)C3)ccc2[nH]1. The lowest BCUT2D eigenvalue weighted by Crippen LogP contribution is -2.39. The minimum Gasteiger partial charge on any atom is -0.461 e. The zero-order valence-corrected chi connectivity index (χ0v) is 14.3. The standard InChI is InChI=1S/C19H26N2O2/c1-4-23-19(22)18-11-16-10-14(7-8-17(16)20-18)15-6-5-9-21(12-15)13(2)3/h7-8,10-11,13,15,20H,4-6,9,12H2,1-3H3. The van der Waals surface area contributed by atoms with Crippen LogP contribution in [0.25, 0.3) is 10.9 Å². The molecule has 0 amide bonds. The van der Waals surface area contributed by atoms with Gasteiger partial charge in [0.25, 0.3) is 0 Å². The molecule has 1 unspecified atom stereocenters. The fourth-order valence-corrected chi connectivity index (χ4v) is 3.47. The monoisotopic (exact) mass is 314 g/mol. The number of nitrogens with one attached hydrogen (secondary N) is 1. The number of H-pyrrole nitrogens is 1. The Kier molecular flexibility index (Phi) is 4.71. The summed E-state index contributed by atoms with van der Waals surface area (Å²) in [4.78, 5) is 17.6. The van der Waals surface area contributed by atoms with E-state index < -0.39 is 0 Å². The zero-order chi connectivity index (χ0) is 16.4. The molecule has 1 saturated heterocycles. The largest absolute Gasteiger partial charge is 0.461 e. The van der Waals surface area contributed by atoms with E-state index in [1.165, 1.54) is 24.9 Å². The lowest BCUT2D eigenvalue weighted by Gasteiger charge is -2.35. The smallest absolute Gasteiger partial charge is 0.354 e. The van der Waals surface area contributed by atoms with Crippen LogP contribution in [0.5, 0.6) is 0 Å². The first-order valence-corrected chi connectivity index (χ1v) is 8.62. The van der Waals surface area contributed by atoms with E-state index in [4.69, 9.17) is 4.74 Å². The molecule has 0 radical (unpaired) electrons. The molecule has 23 heavy (non-hydrogen) atoms. The van der Waals surface area contributed by atoms with E-state index in [2.05, 4.69) is 41.9 Å². The lowest BCUT2D eigenvalue weighted by molar-refractivity contribution is 0.0520. The van der Waals surface area contributed by atoms with Gasteiger partial charge in [-0.1, -0.05) is 6.07 Å². The Morgan fingerprint density at radius 2 is 2.22 bits per heavy atom. The van der Waals surface area contributed by atoms with E-state index >= 15 is 0 Å². The number of aromatic nitrogens is 1. The number of aromatic amines is 1. The second-order valence-corrected chi connectivity index (χ2v) is 6.68. The Balaban J connectivity index is 1.83. The number of piperidine rings is 1. The fraction of sp³-hybridized carbons (Fsp3) is 0.526. The number of hydrogen-bond acceptors (Lipinski definition) is 3. The number of esters is 1. The number of ether oxygens (including phenoxy) is 1. The first-order chi connectivity index (χ1) is 11.1. The van der Waals surface area contributed by atoms with Crippen molar-refractivity contribution in [2.75, 3.05) is 19.7 Å². The number of fused-ring (bicyclic) bond motifs is 1. The van der Waals surface area contributed by atoms with Crippen LogP contribution >= 0.6 is 0 Å². The molecule has 0 bridgehead atoms. The van der Waals surface area contributed by atoms with Gasteiger partial charge in [-0.2, -0.15) is 0 Å². The van der Waals surface area contributed by atoms with Crippen LogP contribution in [0.4, 0.5) is 0 Å². The molecule has 1 N–H and O–H groups in total. The second-order valence-electron chi connectivity index (χ2n) is 6.68. The van der Waals surface area contributed by atoms with E-state index in [1.807, 2.05) is 13.0 Å². The van der Waals surface area contributed by atoms with E-state index in [1.54, 1.807) is 0 Å². The highest BCUT2D eigenvalue weighted by molar-refractivity contribution is 5.95. The molecule has 3 rings (SSSR count). The molecule has 4 nitrogen and oxygen atoms in total. The van der Waals surface area contributed by atoms with Crippen molar-refractivity contribution in [2.24, 2.45) is 0 Å². The number of hydrogen-bond donors (Lipinski definition) is 1. The minimum atomic E-state index is -0.283. The van der Waals surface area contributed by atoms with Crippen LogP contribution in [0.3, 0.4) is 0 Å². The Hall–Kier alpha value is -1.81. The third-order valence-electron chi connectivity index (χ3n) is 4.79. The van der Waals surface area contributed by atoms with Gasteiger partial charge in [-0.25, -0.2) is 4.79 Å². The summed E-state index contributed by atoms with van der Waals surface area (Å²) in [6.45, 7) is 9.08. The van der Waals surface area contributed by atoms with Crippen LogP contribution in [-0.2, 0) is 4.74 Å². The maximum absolute atomic E-state index is 11.9. The summed E-state index contributed by atoms with van der Waals surface area (Å²) in [6, 6.07) is 9.01. The number of likely N-dealkylation sites (tertiary alicyclic amines) is 1. The van der Waals surface area contributed by atoms with Crippen molar-refractivity contribution < 1.29 is 9.53 Å². The highest BCUT2D eigenvalue weighted by atomic mass is 16.5. The topological polar surface area (TPSA) is 45.3 Å². The number of benzene rings is 1. The molecule has 1 fully saturated rings. The van der Waals surface area contributed by atoms with Gasteiger partial charge in [0, 0.05) is 23.5 Å². The van der Waals surface area contributed by atoms with Crippen molar-refractivity contribution in [3.05, 3.63) is 35.5 Å². The van der Waals surface area contributed by atoms with Crippen LogP contribution < -0.4 is 0 Å². The fourth-order valence-electron chi connectivity index (χ4n) is 3.47. The highest BCUT2D eigenvalue weighted by Crippen LogP contribution is 2.30. The van der Waals surface area contributed by atoms with Crippen molar-refractivity contribution in [1.29, 1.82) is 0 Å². The molecule has 1 atom stereocenters. The first kappa shape index (κ1) is 16.1. The van der Waals surface area contributed by atoms with E-state index in [0.717, 1.165) is 17.4 Å². The van der Waals surface area contributed by atoms with Gasteiger partial charge in [-0.3, -0.25) is 0 Å². The molecule has 2 heterocycles.